The lowest BCUT2D eigenvalue weighted by molar-refractivity contribution is -0.149. The van der Waals surface area contributed by atoms with E-state index in [1.165, 1.54) is 14.0 Å². The lowest BCUT2D eigenvalue weighted by Gasteiger charge is -2.12. The van der Waals surface area contributed by atoms with E-state index >= 15 is 0 Å². The lowest BCUT2D eigenvalue weighted by atomic mass is 10.2. The summed E-state index contributed by atoms with van der Waals surface area (Å²) in [5.74, 6) is -1.25. The minimum atomic E-state index is -0.958. The predicted molar refractivity (Wildman–Crippen MR) is 65.4 cm³/mol. The van der Waals surface area contributed by atoms with E-state index in [9.17, 15) is 9.59 Å². The van der Waals surface area contributed by atoms with Crippen molar-refractivity contribution in [3.8, 4) is 0 Å². The fourth-order valence-electron chi connectivity index (χ4n) is 1.15. The third-order valence-corrected chi connectivity index (χ3v) is 2.95. The maximum atomic E-state index is 11.7. The summed E-state index contributed by atoms with van der Waals surface area (Å²) in [5.41, 5.74) is 6.31. The molecule has 1 atom stereocenters. The number of carbonyl (C=O) groups excluding carboxylic acids is 2. The van der Waals surface area contributed by atoms with E-state index in [1.54, 1.807) is 18.2 Å². The van der Waals surface area contributed by atoms with Gasteiger partial charge in [-0.3, -0.25) is 0 Å². The van der Waals surface area contributed by atoms with Crippen molar-refractivity contribution in [3.05, 3.63) is 28.2 Å². The van der Waals surface area contributed by atoms with Crippen molar-refractivity contribution in [1.29, 1.82) is 0 Å². The summed E-state index contributed by atoms with van der Waals surface area (Å²) in [6, 6.07) is 4.82. The Kier molecular flexibility index (Phi) is 4.51. The van der Waals surface area contributed by atoms with Crippen LogP contribution in [-0.2, 0) is 14.3 Å². The topological polar surface area (TPSA) is 78.6 Å². The first-order valence-electron chi connectivity index (χ1n) is 4.80. The summed E-state index contributed by atoms with van der Waals surface area (Å²) in [6.45, 7) is 1.43. The normalized spacial score (nSPS) is 11.7. The third-order valence-electron chi connectivity index (χ3n) is 2.07. The van der Waals surface area contributed by atoms with Crippen LogP contribution in [0.2, 0.25) is 0 Å². The van der Waals surface area contributed by atoms with E-state index in [-0.39, 0.29) is 5.56 Å². The summed E-state index contributed by atoms with van der Waals surface area (Å²) in [6.07, 6.45) is -0.958. The van der Waals surface area contributed by atoms with E-state index < -0.39 is 18.0 Å². The Bertz CT molecular complexity index is 447. The molecule has 0 heterocycles. The standard InChI is InChI=1S/C11H12BrNO4/c1-6(10(14)16-2)17-11(15)7-4-3-5-8(13)9(7)12/h3-6H,13H2,1-2H3. The molecule has 0 saturated heterocycles. The highest BCUT2D eigenvalue weighted by Gasteiger charge is 2.21. The molecular formula is C11H12BrNO4. The summed E-state index contributed by atoms with van der Waals surface area (Å²) < 4.78 is 9.82. The Morgan fingerprint density at radius 2 is 2.06 bits per heavy atom. The number of hydrogen-bond donors (Lipinski definition) is 1. The van der Waals surface area contributed by atoms with Gasteiger partial charge in [0.2, 0.25) is 0 Å². The minimum Gasteiger partial charge on any atom is -0.466 e. The van der Waals surface area contributed by atoms with Crippen LogP contribution in [0.1, 0.15) is 17.3 Å². The van der Waals surface area contributed by atoms with Crippen molar-refractivity contribution in [2.75, 3.05) is 12.8 Å². The van der Waals surface area contributed by atoms with Crippen LogP contribution in [0.4, 0.5) is 5.69 Å². The number of ether oxygens (including phenoxy) is 2. The quantitative estimate of drug-likeness (QED) is 0.680. The van der Waals surface area contributed by atoms with Crippen LogP contribution in [0.5, 0.6) is 0 Å². The van der Waals surface area contributed by atoms with Crippen LogP contribution in [0.25, 0.3) is 0 Å². The molecule has 0 amide bonds. The second-order valence-corrected chi connectivity index (χ2v) is 4.07. The number of benzene rings is 1. The van der Waals surface area contributed by atoms with Gasteiger partial charge in [-0.15, -0.1) is 0 Å². The zero-order valence-electron chi connectivity index (χ0n) is 9.40. The molecule has 0 aliphatic carbocycles. The molecule has 1 unspecified atom stereocenters. The van der Waals surface area contributed by atoms with Gasteiger partial charge in [0, 0.05) is 5.69 Å². The molecule has 0 spiro atoms. The molecular weight excluding hydrogens is 290 g/mol. The molecule has 0 bridgehead atoms. The third kappa shape index (κ3) is 3.20. The van der Waals surface area contributed by atoms with E-state index in [0.29, 0.717) is 10.2 Å². The molecule has 0 radical (unpaired) electrons. The number of rotatable bonds is 3. The summed E-state index contributed by atoms with van der Waals surface area (Å²) >= 11 is 3.18. The minimum absolute atomic E-state index is 0.265. The van der Waals surface area contributed by atoms with Gasteiger partial charge in [-0.2, -0.15) is 0 Å². The average molecular weight is 302 g/mol. The first kappa shape index (κ1) is 13.5. The Labute approximate surface area is 107 Å². The van der Waals surface area contributed by atoms with Gasteiger partial charge in [-0.25, -0.2) is 9.59 Å². The van der Waals surface area contributed by atoms with Gasteiger partial charge in [-0.05, 0) is 35.0 Å². The molecule has 0 aromatic heterocycles. The summed E-state index contributed by atoms with van der Waals surface area (Å²) in [7, 11) is 1.23. The van der Waals surface area contributed by atoms with Crippen LogP contribution in [-0.4, -0.2) is 25.2 Å². The molecule has 1 aromatic rings. The number of carbonyl (C=O) groups is 2. The van der Waals surface area contributed by atoms with Gasteiger partial charge in [0.05, 0.1) is 17.1 Å². The van der Waals surface area contributed by atoms with Gasteiger partial charge < -0.3 is 15.2 Å². The Hall–Kier alpha value is -1.56. The average Bonchev–Trinajstić information content (AvgIpc) is 2.31. The molecule has 2 N–H and O–H groups in total. The number of nitrogens with two attached hydrogens (primary N) is 1. The fraction of sp³-hybridized carbons (Fsp3) is 0.273. The second kappa shape index (κ2) is 5.67. The maximum Gasteiger partial charge on any atom is 0.346 e. The fourth-order valence-corrected chi connectivity index (χ4v) is 1.57. The van der Waals surface area contributed by atoms with E-state index in [0.717, 1.165) is 0 Å². The van der Waals surface area contributed by atoms with Crippen LogP contribution >= 0.6 is 15.9 Å². The molecule has 6 heteroatoms. The molecule has 5 nitrogen and oxygen atoms in total. The van der Waals surface area contributed by atoms with Crippen molar-refractivity contribution in [3.63, 3.8) is 0 Å². The summed E-state index contributed by atoms with van der Waals surface area (Å²) in [4.78, 5) is 22.8. The molecule has 92 valence electrons. The van der Waals surface area contributed by atoms with Crippen LogP contribution in [0.3, 0.4) is 0 Å². The Morgan fingerprint density at radius 1 is 1.41 bits per heavy atom. The number of hydrogen-bond acceptors (Lipinski definition) is 5. The van der Waals surface area contributed by atoms with Crippen molar-refractivity contribution in [2.45, 2.75) is 13.0 Å². The Balaban J connectivity index is 2.84. The SMILES string of the molecule is COC(=O)C(C)OC(=O)c1cccc(N)c1Br. The van der Waals surface area contributed by atoms with Gasteiger partial charge >= 0.3 is 11.9 Å². The van der Waals surface area contributed by atoms with Gasteiger partial charge in [0.25, 0.3) is 0 Å². The van der Waals surface area contributed by atoms with E-state index in [1.807, 2.05) is 0 Å². The molecule has 17 heavy (non-hydrogen) atoms. The number of halogens is 1. The smallest absolute Gasteiger partial charge is 0.346 e. The lowest BCUT2D eigenvalue weighted by Crippen LogP contribution is -2.25. The van der Waals surface area contributed by atoms with E-state index in [2.05, 4.69) is 20.7 Å². The van der Waals surface area contributed by atoms with Gasteiger partial charge in [0.1, 0.15) is 0 Å². The zero-order chi connectivity index (χ0) is 13.0. The van der Waals surface area contributed by atoms with Crippen molar-refractivity contribution in [2.24, 2.45) is 0 Å². The molecule has 0 saturated carbocycles. The van der Waals surface area contributed by atoms with Crippen molar-refractivity contribution in [1.82, 2.24) is 0 Å². The number of anilines is 1. The molecule has 0 fully saturated rings. The number of methoxy groups -OCH3 is 1. The predicted octanol–water partition coefficient (Wildman–Crippen LogP) is 1.75. The first-order chi connectivity index (χ1) is 7.97. The molecule has 1 rings (SSSR count). The monoisotopic (exact) mass is 301 g/mol. The van der Waals surface area contributed by atoms with Gasteiger partial charge in [-0.1, -0.05) is 6.07 Å². The molecule has 0 aliphatic rings. The maximum absolute atomic E-state index is 11.7. The largest absolute Gasteiger partial charge is 0.466 e. The number of esters is 2. The molecule has 1 aromatic carbocycles. The highest BCUT2D eigenvalue weighted by atomic mass is 79.9. The number of nitrogen functional groups attached to an aromatic ring is 1. The van der Waals surface area contributed by atoms with E-state index in [4.69, 9.17) is 10.5 Å². The van der Waals surface area contributed by atoms with Crippen molar-refractivity contribution < 1.29 is 19.1 Å². The Morgan fingerprint density at radius 3 is 2.65 bits per heavy atom. The summed E-state index contributed by atoms with van der Waals surface area (Å²) in [5, 5.41) is 0. The zero-order valence-corrected chi connectivity index (χ0v) is 11.0. The van der Waals surface area contributed by atoms with Crippen LogP contribution in [0, 0.1) is 0 Å². The van der Waals surface area contributed by atoms with Crippen LogP contribution < -0.4 is 5.73 Å². The van der Waals surface area contributed by atoms with Crippen LogP contribution in [0.15, 0.2) is 22.7 Å². The second-order valence-electron chi connectivity index (χ2n) is 3.28. The molecule has 0 aliphatic heterocycles. The highest BCUT2D eigenvalue weighted by Crippen LogP contribution is 2.24. The van der Waals surface area contributed by atoms with Crippen molar-refractivity contribution >= 4 is 33.6 Å². The highest BCUT2D eigenvalue weighted by molar-refractivity contribution is 9.10. The van der Waals surface area contributed by atoms with Gasteiger partial charge in [0.15, 0.2) is 6.10 Å². The first-order valence-corrected chi connectivity index (χ1v) is 5.59.